The summed E-state index contributed by atoms with van der Waals surface area (Å²) < 4.78 is 27.8. The number of sulfonamides is 1. The van der Waals surface area contributed by atoms with E-state index in [0.29, 0.717) is 6.42 Å². The predicted octanol–water partition coefficient (Wildman–Crippen LogP) is -0.0945. The van der Waals surface area contributed by atoms with E-state index < -0.39 is 15.9 Å². The van der Waals surface area contributed by atoms with Crippen LogP contribution >= 0.6 is 0 Å². The van der Waals surface area contributed by atoms with E-state index in [9.17, 15) is 13.2 Å². The Bertz CT molecular complexity index is 578. The Morgan fingerprint density at radius 2 is 2.10 bits per heavy atom. The van der Waals surface area contributed by atoms with E-state index in [1.165, 1.54) is 21.1 Å². The van der Waals surface area contributed by atoms with Gasteiger partial charge in [0, 0.05) is 32.4 Å². The second kappa shape index (κ2) is 6.38. The summed E-state index contributed by atoms with van der Waals surface area (Å²) in [7, 11) is -2.15. The number of nitrogens with two attached hydrogens (primary N) is 1. The molecule has 0 bridgehead atoms. The first kappa shape index (κ1) is 16.7. The highest BCUT2D eigenvalue weighted by molar-refractivity contribution is 7.89. The van der Waals surface area contributed by atoms with Gasteiger partial charge in [0.2, 0.25) is 10.0 Å². The van der Waals surface area contributed by atoms with Gasteiger partial charge in [-0.25, -0.2) is 8.42 Å². The molecule has 114 valence electrons. The fourth-order valence-corrected chi connectivity index (χ4v) is 3.69. The number of aliphatic hydroxyl groups excluding tert-OH is 1. The molecule has 0 aliphatic rings. The summed E-state index contributed by atoms with van der Waals surface area (Å²) in [6, 6.07) is 1.02. The zero-order valence-electron chi connectivity index (χ0n) is 11.9. The summed E-state index contributed by atoms with van der Waals surface area (Å²) in [5, 5.41) is 8.87. The van der Waals surface area contributed by atoms with Gasteiger partial charge in [0.15, 0.2) is 0 Å². The van der Waals surface area contributed by atoms with Gasteiger partial charge in [0.25, 0.3) is 5.91 Å². The first-order valence-electron chi connectivity index (χ1n) is 6.30. The molecule has 7 nitrogen and oxygen atoms in total. The SMILES string of the molecule is CC(C)N(CCCO)S(=O)(=O)c1cc(C(N)=O)n(C)c1. The van der Waals surface area contributed by atoms with Crippen LogP contribution in [0, 0.1) is 0 Å². The summed E-state index contributed by atoms with van der Waals surface area (Å²) in [5.74, 6) is -0.680. The van der Waals surface area contributed by atoms with Crippen molar-refractivity contribution < 1.29 is 18.3 Å². The Morgan fingerprint density at radius 1 is 1.50 bits per heavy atom. The summed E-state index contributed by atoms with van der Waals surface area (Å²) in [6.45, 7) is 3.65. The molecule has 0 aromatic carbocycles. The smallest absolute Gasteiger partial charge is 0.265 e. The van der Waals surface area contributed by atoms with Gasteiger partial charge >= 0.3 is 0 Å². The van der Waals surface area contributed by atoms with Crippen LogP contribution in [0.25, 0.3) is 0 Å². The second-order valence-corrected chi connectivity index (χ2v) is 6.71. The maximum atomic E-state index is 12.5. The van der Waals surface area contributed by atoms with Crippen LogP contribution in [-0.2, 0) is 17.1 Å². The van der Waals surface area contributed by atoms with Crippen molar-refractivity contribution >= 4 is 15.9 Å². The van der Waals surface area contributed by atoms with E-state index in [0.717, 1.165) is 0 Å². The van der Waals surface area contributed by atoms with E-state index >= 15 is 0 Å². The number of aromatic nitrogens is 1. The molecule has 8 heteroatoms. The third kappa shape index (κ3) is 3.38. The van der Waals surface area contributed by atoms with Gasteiger partial charge in [-0.05, 0) is 26.3 Å². The summed E-state index contributed by atoms with van der Waals surface area (Å²) in [6.07, 6.45) is 1.72. The van der Waals surface area contributed by atoms with Crippen molar-refractivity contribution in [3.05, 3.63) is 18.0 Å². The van der Waals surface area contributed by atoms with Crippen LogP contribution in [0.15, 0.2) is 17.2 Å². The number of hydrogen-bond donors (Lipinski definition) is 2. The molecule has 0 aliphatic carbocycles. The van der Waals surface area contributed by atoms with Gasteiger partial charge in [-0.3, -0.25) is 4.79 Å². The Hall–Kier alpha value is -1.38. The predicted molar refractivity (Wildman–Crippen MR) is 74.7 cm³/mol. The first-order chi connectivity index (χ1) is 9.21. The number of carbonyl (C=O) groups excluding carboxylic acids is 1. The molecule has 1 aromatic rings. The highest BCUT2D eigenvalue weighted by Gasteiger charge is 2.28. The molecule has 0 radical (unpaired) electrons. The van der Waals surface area contributed by atoms with Gasteiger partial charge < -0.3 is 15.4 Å². The van der Waals surface area contributed by atoms with Crippen molar-refractivity contribution in [1.29, 1.82) is 0 Å². The molecule has 0 saturated carbocycles. The highest BCUT2D eigenvalue weighted by Crippen LogP contribution is 2.20. The van der Waals surface area contributed by atoms with Gasteiger partial charge in [-0.1, -0.05) is 0 Å². The molecular formula is C12H21N3O4S. The molecule has 0 aliphatic heterocycles. The Morgan fingerprint density at radius 3 is 2.50 bits per heavy atom. The highest BCUT2D eigenvalue weighted by atomic mass is 32.2. The summed E-state index contributed by atoms with van der Waals surface area (Å²) in [5.41, 5.74) is 5.32. The molecular weight excluding hydrogens is 282 g/mol. The Labute approximate surface area is 119 Å². The maximum Gasteiger partial charge on any atom is 0.265 e. The fraction of sp³-hybridized carbons (Fsp3) is 0.583. The zero-order chi connectivity index (χ0) is 15.5. The van der Waals surface area contributed by atoms with Crippen molar-refractivity contribution in [1.82, 2.24) is 8.87 Å². The lowest BCUT2D eigenvalue weighted by atomic mass is 10.3. The third-order valence-electron chi connectivity index (χ3n) is 2.95. The first-order valence-corrected chi connectivity index (χ1v) is 7.74. The van der Waals surface area contributed by atoms with Crippen molar-refractivity contribution in [2.45, 2.75) is 31.2 Å². The van der Waals surface area contributed by atoms with Crippen LogP contribution in [0.3, 0.4) is 0 Å². The fourth-order valence-electron chi connectivity index (χ4n) is 1.94. The maximum absolute atomic E-state index is 12.5. The van der Waals surface area contributed by atoms with E-state index in [1.807, 2.05) is 0 Å². The molecule has 0 atom stereocenters. The molecule has 1 rings (SSSR count). The van der Waals surface area contributed by atoms with E-state index in [2.05, 4.69) is 0 Å². The lowest BCUT2D eigenvalue weighted by Crippen LogP contribution is -2.37. The summed E-state index contributed by atoms with van der Waals surface area (Å²) >= 11 is 0. The number of nitrogens with zero attached hydrogens (tertiary/aromatic N) is 2. The van der Waals surface area contributed by atoms with E-state index in [1.54, 1.807) is 20.9 Å². The largest absolute Gasteiger partial charge is 0.396 e. The average molecular weight is 303 g/mol. The molecule has 1 amide bonds. The third-order valence-corrected chi connectivity index (χ3v) is 4.99. The Kier molecular flexibility index (Phi) is 5.32. The lowest BCUT2D eigenvalue weighted by Gasteiger charge is -2.25. The van der Waals surface area contributed by atoms with Crippen molar-refractivity contribution in [3.8, 4) is 0 Å². The molecule has 0 fully saturated rings. The topological polar surface area (TPSA) is 106 Å². The van der Waals surface area contributed by atoms with Crippen LogP contribution in [-0.4, -0.2) is 47.5 Å². The number of aryl methyl sites for hydroxylation is 1. The molecule has 0 spiro atoms. The van der Waals surface area contributed by atoms with Crippen molar-refractivity contribution in [2.24, 2.45) is 12.8 Å². The monoisotopic (exact) mass is 303 g/mol. The molecule has 20 heavy (non-hydrogen) atoms. The van der Waals surface area contributed by atoms with E-state index in [4.69, 9.17) is 10.8 Å². The molecule has 1 aromatic heterocycles. The average Bonchev–Trinajstić information content (AvgIpc) is 2.72. The van der Waals surface area contributed by atoms with Gasteiger partial charge in [-0.15, -0.1) is 0 Å². The van der Waals surface area contributed by atoms with Crippen molar-refractivity contribution in [3.63, 3.8) is 0 Å². The van der Waals surface area contributed by atoms with Gasteiger partial charge in [0.05, 0.1) is 0 Å². The van der Waals surface area contributed by atoms with Crippen LogP contribution in [0.4, 0.5) is 0 Å². The number of amides is 1. The van der Waals surface area contributed by atoms with Gasteiger partial charge in [0.1, 0.15) is 10.6 Å². The molecule has 0 unspecified atom stereocenters. The van der Waals surface area contributed by atoms with Crippen molar-refractivity contribution in [2.75, 3.05) is 13.2 Å². The lowest BCUT2D eigenvalue weighted by molar-refractivity contribution is 0.0992. The molecule has 3 N–H and O–H groups in total. The standard InChI is InChI=1S/C12H21N3O4S/c1-9(2)15(5-4-6-16)20(18,19)10-7-11(12(13)17)14(3)8-10/h7-9,16H,4-6H2,1-3H3,(H2,13,17). The number of aliphatic hydroxyl groups is 1. The zero-order valence-corrected chi connectivity index (χ0v) is 12.7. The van der Waals surface area contributed by atoms with E-state index in [-0.39, 0.29) is 29.8 Å². The minimum absolute atomic E-state index is 0.0282. The normalized spacial score (nSPS) is 12.3. The van der Waals surface area contributed by atoms with Crippen LogP contribution in [0.2, 0.25) is 0 Å². The number of carbonyl (C=O) groups is 1. The number of primary amides is 1. The summed E-state index contributed by atoms with van der Waals surface area (Å²) in [4.78, 5) is 11.2. The Balaban J connectivity index is 3.19. The van der Waals surface area contributed by atoms with Crippen LogP contribution < -0.4 is 5.73 Å². The molecule has 0 saturated heterocycles. The quantitative estimate of drug-likeness (QED) is 0.734. The van der Waals surface area contributed by atoms with Gasteiger partial charge in [-0.2, -0.15) is 4.31 Å². The van der Waals surface area contributed by atoms with Crippen LogP contribution in [0.5, 0.6) is 0 Å². The minimum atomic E-state index is -3.71. The number of hydrogen-bond acceptors (Lipinski definition) is 4. The number of rotatable bonds is 7. The molecule has 1 heterocycles. The minimum Gasteiger partial charge on any atom is -0.396 e. The van der Waals surface area contributed by atoms with Crippen LogP contribution in [0.1, 0.15) is 30.8 Å². The second-order valence-electron chi connectivity index (χ2n) is 4.82.